The van der Waals surface area contributed by atoms with Crippen molar-refractivity contribution < 1.29 is 9.53 Å². The molecule has 1 aliphatic heterocycles. The second kappa shape index (κ2) is 9.07. The van der Waals surface area contributed by atoms with Crippen molar-refractivity contribution in [2.24, 2.45) is 5.92 Å². The van der Waals surface area contributed by atoms with Crippen molar-refractivity contribution in [2.75, 3.05) is 13.1 Å². The fraction of sp³-hybridized carbons (Fsp3) is 0.458. The molecule has 0 N–H and O–H groups in total. The van der Waals surface area contributed by atoms with Crippen LogP contribution in [0.3, 0.4) is 0 Å². The highest BCUT2D eigenvalue weighted by atomic mass is 16.5. The van der Waals surface area contributed by atoms with Crippen molar-refractivity contribution >= 4 is 5.91 Å². The predicted molar refractivity (Wildman–Crippen MR) is 110 cm³/mol. The summed E-state index contributed by atoms with van der Waals surface area (Å²) in [6.45, 7) is 7.82. The third-order valence-electron chi connectivity index (χ3n) is 5.49. The number of carbonyl (C=O) groups is 1. The third kappa shape index (κ3) is 5.12. The average molecular weight is 366 g/mol. The van der Waals surface area contributed by atoms with Gasteiger partial charge in [-0.3, -0.25) is 4.79 Å². The fourth-order valence-corrected chi connectivity index (χ4v) is 3.87. The quantitative estimate of drug-likeness (QED) is 0.716. The van der Waals surface area contributed by atoms with Gasteiger partial charge in [0.25, 0.3) is 5.91 Å². The molecule has 0 spiro atoms. The molecular formula is C24H31NO2. The number of benzene rings is 2. The number of hydrogen-bond donors (Lipinski definition) is 0. The second-order valence-corrected chi connectivity index (χ2v) is 7.91. The van der Waals surface area contributed by atoms with Crippen molar-refractivity contribution in [1.29, 1.82) is 0 Å². The number of ether oxygens (including phenoxy) is 1. The molecule has 0 radical (unpaired) electrons. The van der Waals surface area contributed by atoms with Gasteiger partial charge in [-0.15, -0.1) is 0 Å². The molecule has 0 saturated carbocycles. The molecule has 1 heterocycles. The highest BCUT2D eigenvalue weighted by Crippen LogP contribution is 2.27. The Morgan fingerprint density at radius 1 is 1.00 bits per heavy atom. The lowest BCUT2D eigenvalue weighted by molar-refractivity contribution is -0.139. The van der Waals surface area contributed by atoms with E-state index in [-0.39, 0.29) is 5.91 Å². The predicted octanol–water partition coefficient (Wildman–Crippen LogP) is 5.06. The molecule has 3 nitrogen and oxygen atoms in total. The van der Waals surface area contributed by atoms with Crippen LogP contribution in [0.4, 0.5) is 0 Å². The van der Waals surface area contributed by atoms with Crippen LogP contribution < -0.4 is 4.74 Å². The monoisotopic (exact) mass is 365 g/mol. The molecule has 3 heteroatoms. The van der Waals surface area contributed by atoms with Crippen molar-refractivity contribution in [3.63, 3.8) is 0 Å². The lowest BCUT2D eigenvalue weighted by atomic mass is 9.90. The first-order valence-corrected chi connectivity index (χ1v) is 10.1. The highest BCUT2D eigenvalue weighted by Gasteiger charge is 2.27. The number of piperidine rings is 1. The first-order chi connectivity index (χ1) is 13.0. The van der Waals surface area contributed by atoms with Gasteiger partial charge in [0.1, 0.15) is 5.75 Å². The fourth-order valence-electron chi connectivity index (χ4n) is 3.87. The third-order valence-corrected chi connectivity index (χ3v) is 5.49. The number of carbonyl (C=O) groups excluding carboxylic acids is 1. The molecule has 3 rings (SSSR count). The molecular weight excluding hydrogens is 334 g/mol. The molecule has 0 unspecified atom stereocenters. The minimum atomic E-state index is -0.449. The summed E-state index contributed by atoms with van der Waals surface area (Å²) in [7, 11) is 0. The van der Waals surface area contributed by atoms with E-state index in [9.17, 15) is 4.79 Å². The maximum atomic E-state index is 12.8. The van der Waals surface area contributed by atoms with Gasteiger partial charge in [-0.2, -0.15) is 0 Å². The van der Waals surface area contributed by atoms with E-state index >= 15 is 0 Å². The molecule has 27 heavy (non-hydrogen) atoms. The first-order valence-electron chi connectivity index (χ1n) is 10.1. The number of nitrogens with zero attached hydrogens (tertiary/aromatic N) is 1. The minimum Gasteiger partial charge on any atom is -0.481 e. The Morgan fingerprint density at radius 3 is 2.30 bits per heavy atom. The SMILES string of the molecule is CC(C)c1ccccc1O[C@@H](C)C(=O)N1CCC(Cc2ccccc2)CC1. The standard InChI is InChI=1S/C24H31NO2/c1-18(2)22-11-7-8-12-23(22)27-19(3)24(26)25-15-13-21(14-16-25)17-20-9-5-4-6-10-20/h4-12,18-19,21H,13-17H2,1-3H3/t19-/m0/s1. The normalized spacial score (nSPS) is 16.4. The Balaban J connectivity index is 1.53. The Hall–Kier alpha value is -2.29. The average Bonchev–Trinajstić information content (AvgIpc) is 2.69. The number of likely N-dealkylation sites (tertiary alicyclic amines) is 1. The summed E-state index contributed by atoms with van der Waals surface area (Å²) in [5.74, 6) is 1.96. The molecule has 144 valence electrons. The van der Waals surface area contributed by atoms with Crippen LogP contribution in [0.2, 0.25) is 0 Å². The van der Waals surface area contributed by atoms with E-state index in [0.717, 1.165) is 43.7 Å². The number of para-hydroxylation sites is 1. The van der Waals surface area contributed by atoms with E-state index in [0.29, 0.717) is 11.8 Å². The molecule has 1 atom stereocenters. The zero-order valence-electron chi connectivity index (χ0n) is 16.7. The Labute approximate surface area is 163 Å². The Kier molecular flexibility index (Phi) is 6.54. The summed E-state index contributed by atoms with van der Waals surface area (Å²) < 4.78 is 6.05. The first kappa shape index (κ1) is 19.5. The van der Waals surface area contributed by atoms with Crippen LogP contribution in [-0.2, 0) is 11.2 Å². The van der Waals surface area contributed by atoms with E-state index in [2.05, 4.69) is 50.2 Å². The molecule has 1 amide bonds. The van der Waals surface area contributed by atoms with E-state index in [4.69, 9.17) is 4.74 Å². The summed E-state index contributed by atoms with van der Waals surface area (Å²) in [5, 5.41) is 0. The number of amides is 1. The van der Waals surface area contributed by atoms with Crippen LogP contribution in [0.1, 0.15) is 50.7 Å². The summed E-state index contributed by atoms with van der Waals surface area (Å²) in [5.41, 5.74) is 2.54. The Morgan fingerprint density at radius 2 is 1.63 bits per heavy atom. The van der Waals surface area contributed by atoms with Crippen LogP contribution in [0.15, 0.2) is 54.6 Å². The molecule has 0 bridgehead atoms. The van der Waals surface area contributed by atoms with Crippen LogP contribution in [0.5, 0.6) is 5.75 Å². The van der Waals surface area contributed by atoms with Gasteiger partial charge in [0, 0.05) is 13.1 Å². The van der Waals surface area contributed by atoms with Gasteiger partial charge in [-0.05, 0) is 55.2 Å². The highest BCUT2D eigenvalue weighted by molar-refractivity contribution is 5.81. The van der Waals surface area contributed by atoms with E-state index in [1.807, 2.05) is 30.0 Å². The Bertz CT molecular complexity index is 733. The van der Waals surface area contributed by atoms with Gasteiger partial charge >= 0.3 is 0 Å². The summed E-state index contributed by atoms with van der Waals surface area (Å²) in [4.78, 5) is 14.8. The molecule has 0 aliphatic carbocycles. The van der Waals surface area contributed by atoms with Gasteiger partial charge in [-0.1, -0.05) is 62.4 Å². The van der Waals surface area contributed by atoms with E-state index in [1.165, 1.54) is 5.56 Å². The molecule has 1 saturated heterocycles. The lowest BCUT2D eigenvalue weighted by Crippen LogP contribution is -2.45. The zero-order chi connectivity index (χ0) is 19.2. The smallest absolute Gasteiger partial charge is 0.263 e. The maximum Gasteiger partial charge on any atom is 0.263 e. The summed E-state index contributed by atoms with van der Waals surface area (Å²) >= 11 is 0. The lowest BCUT2D eigenvalue weighted by Gasteiger charge is -2.33. The summed E-state index contributed by atoms with van der Waals surface area (Å²) in [6, 6.07) is 18.7. The van der Waals surface area contributed by atoms with Gasteiger partial charge < -0.3 is 9.64 Å². The zero-order valence-corrected chi connectivity index (χ0v) is 16.7. The van der Waals surface area contributed by atoms with Gasteiger partial charge in [-0.25, -0.2) is 0 Å². The molecule has 0 aromatic heterocycles. The van der Waals surface area contributed by atoms with Crippen LogP contribution in [0.25, 0.3) is 0 Å². The summed E-state index contributed by atoms with van der Waals surface area (Å²) in [6.07, 6.45) is 2.79. The van der Waals surface area contributed by atoms with Gasteiger partial charge in [0.2, 0.25) is 0 Å². The van der Waals surface area contributed by atoms with Crippen molar-refractivity contribution in [3.05, 3.63) is 65.7 Å². The van der Waals surface area contributed by atoms with Crippen LogP contribution >= 0.6 is 0 Å². The number of rotatable bonds is 6. The maximum absolute atomic E-state index is 12.8. The van der Waals surface area contributed by atoms with Crippen molar-refractivity contribution in [1.82, 2.24) is 4.90 Å². The molecule has 1 fully saturated rings. The second-order valence-electron chi connectivity index (χ2n) is 7.91. The minimum absolute atomic E-state index is 0.103. The van der Waals surface area contributed by atoms with Crippen LogP contribution in [-0.4, -0.2) is 30.0 Å². The van der Waals surface area contributed by atoms with Crippen LogP contribution in [0, 0.1) is 5.92 Å². The van der Waals surface area contributed by atoms with Crippen molar-refractivity contribution in [3.8, 4) is 5.75 Å². The van der Waals surface area contributed by atoms with Gasteiger partial charge in [0.15, 0.2) is 6.10 Å². The molecule has 2 aromatic rings. The van der Waals surface area contributed by atoms with E-state index < -0.39 is 6.10 Å². The largest absolute Gasteiger partial charge is 0.481 e. The molecule has 1 aliphatic rings. The van der Waals surface area contributed by atoms with Crippen molar-refractivity contribution in [2.45, 2.75) is 52.1 Å². The van der Waals surface area contributed by atoms with Gasteiger partial charge in [0.05, 0.1) is 0 Å². The topological polar surface area (TPSA) is 29.5 Å². The number of hydrogen-bond acceptors (Lipinski definition) is 2. The van der Waals surface area contributed by atoms with E-state index in [1.54, 1.807) is 0 Å². The molecule has 2 aromatic carbocycles.